The SMILES string of the molecule is CCN1CCC2(CC1)C[C@@H]2C(C)=O. The third kappa shape index (κ3) is 1.52. The molecule has 2 nitrogen and oxygen atoms in total. The summed E-state index contributed by atoms with van der Waals surface area (Å²) in [6.07, 6.45) is 3.69. The summed E-state index contributed by atoms with van der Waals surface area (Å²) < 4.78 is 0. The monoisotopic (exact) mass is 181 g/mol. The summed E-state index contributed by atoms with van der Waals surface area (Å²) >= 11 is 0. The highest BCUT2D eigenvalue weighted by atomic mass is 16.1. The molecule has 0 bridgehead atoms. The summed E-state index contributed by atoms with van der Waals surface area (Å²) in [5.74, 6) is 0.844. The molecule has 0 aromatic carbocycles. The van der Waals surface area contributed by atoms with Gasteiger partial charge in [0.15, 0.2) is 0 Å². The second-order valence-corrected chi connectivity index (χ2v) is 4.66. The van der Waals surface area contributed by atoms with Gasteiger partial charge < -0.3 is 4.90 Å². The zero-order valence-corrected chi connectivity index (χ0v) is 8.68. The Bertz CT molecular complexity index is 216. The van der Waals surface area contributed by atoms with Crippen LogP contribution in [0.2, 0.25) is 0 Å². The van der Waals surface area contributed by atoms with Gasteiger partial charge in [0.05, 0.1) is 0 Å². The Morgan fingerprint density at radius 3 is 2.46 bits per heavy atom. The van der Waals surface area contributed by atoms with Gasteiger partial charge in [0.25, 0.3) is 0 Å². The van der Waals surface area contributed by atoms with E-state index in [9.17, 15) is 4.79 Å². The van der Waals surface area contributed by atoms with Crippen molar-refractivity contribution in [2.75, 3.05) is 19.6 Å². The lowest BCUT2D eigenvalue weighted by Crippen LogP contribution is -2.35. The van der Waals surface area contributed by atoms with Crippen molar-refractivity contribution in [1.29, 1.82) is 0 Å². The second-order valence-electron chi connectivity index (χ2n) is 4.66. The first-order chi connectivity index (χ1) is 6.18. The van der Waals surface area contributed by atoms with E-state index in [0.717, 1.165) is 0 Å². The Kier molecular flexibility index (Phi) is 2.18. The lowest BCUT2D eigenvalue weighted by Gasteiger charge is -2.31. The summed E-state index contributed by atoms with van der Waals surface area (Å²) in [5.41, 5.74) is 0.456. The number of nitrogens with zero attached hydrogens (tertiary/aromatic N) is 1. The smallest absolute Gasteiger partial charge is 0.133 e. The summed E-state index contributed by atoms with van der Waals surface area (Å²) in [7, 11) is 0. The van der Waals surface area contributed by atoms with Crippen molar-refractivity contribution >= 4 is 5.78 Å². The molecule has 1 saturated heterocycles. The molecule has 1 heterocycles. The van der Waals surface area contributed by atoms with Crippen LogP contribution in [0.1, 0.15) is 33.1 Å². The van der Waals surface area contributed by atoms with Crippen LogP contribution in [-0.4, -0.2) is 30.3 Å². The van der Waals surface area contributed by atoms with Crippen molar-refractivity contribution in [1.82, 2.24) is 4.90 Å². The van der Waals surface area contributed by atoms with Crippen LogP contribution in [0.15, 0.2) is 0 Å². The maximum absolute atomic E-state index is 11.2. The number of likely N-dealkylation sites (tertiary alicyclic amines) is 1. The molecule has 13 heavy (non-hydrogen) atoms. The second kappa shape index (κ2) is 3.09. The lowest BCUT2D eigenvalue weighted by molar-refractivity contribution is -0.119. The molecule has 2 heteroatoms. The number of rotatable bonds is 2. The number of carbonyl (C=O) groups excluding carboxylic acids is 1. The van der Waals surface area contributed by atoms with Crippen LogP contribution >= 0.6 is 0 Å². The van der Waals surface area contributed by atoms with E-state index in [2.05, 4.69) is 11.8 Å². The number of hydrogen-bond acceptors (Lipinski definition) is 2. The van der Waals surface area contributed by atoms with Crippen molar-refractivity contribution < 1.29 is 4.79 Å². The molecular formula is C11H19NO. The number of Topliss-reactive ketones (excluding diaryl/α,β-unsaturated/α-hetero) is 1. The first kappa shape index (κ1) is 9.20. The average molecular weight is 181 g/mol. The predicted octanol–water partition coefficient (Wildman–Crippen LogP) is 1.70. The molecule has 1 saturated carbocycles. The van der Waals surface area contributed by atoms with Crippen LogP contribution in [0.3, 0.4) is 0 Å². The van der Waals surface area contributed by atoms with Gasteiger partial charge in [0.1, 0.15) is 5.78 Å². The Morgan fingerprint density at radius 2 is 2.08 bits per heavy atom. The molecule has 0 aromatic rings. The standard InChI is InChI=1S/C11H19NO/c1-3-12-6-4-11(5-7-12)8-10(11)9(2)13/h10H,3-8H2,1-2H3/t10-/m1/s1. The van der Waals surface area contributed by atoms with E-state index in [4.69, 9.17) is 0 Å². The van der Waals surface area contributed by atoms with Gasteiger partial charge in [-0.05, 0) is 51.2 Å². The molecule has 1 spiro atoms. The fraction of sp³-hybridized carbons (Fsp3) is 0.909. The van der Waals surface area contributed by atoms with Gasteiger partial charge in [0.2, 0.25) is 0 Å². The number of ketones is 1. The number of carbonyl (C=O) groups is 1. The largest absolute Gasteiger partial charge is 0.304 e. The van der Waals surface area contributed by atoms with Gasteiger partial charge >= 0.3 is 0 Å². The molecule has 0 radical (unpaired) electrons. The summed E-state index contributed by atoms with van der Waals surface area (Å²) in [4.78, 5) is 13.7. The molecule has 1 aliphatic carbocycles. The van der Waals surface area contributed by atoms with E-state index in [1.54, 1.807) is 6.92 Å². The van der Waals surface area contributed by atoms with Crippen molar-refractivity contribution in [2.24, 2.45) is 11.3 Å². The van der Waals surface area contributed by atoms with Crippen molar-refractivity contribution in [3.8, 4) is 0 Å². The number of piperidine rings is 1. The third-order valence-electron chi connectivity index (χ3n) is 3.98. The molecule has 2 fully saturated rings. The predicted molar refractivity (Wildman–Crippen MR) is 52.6 cm³/mol. The molecule has 0 aromatic heterocycles. The molecule has 2 rings (SSSR count). The van der Waals surface area contributed by atoms with Crippen LogP contribution in [0.25, 0.3) is 0 Å². The third-order valence-corrected chi connectivity index (χ3v) is 3.98. The molecule has 0 unspecified atom stereocenters. The minimum absolute atomic E-state index is 0.421. The van der Waals surface area contributed by atoms with Crippen molar-refractivity contribution in [2.45, 2.75) is 33.1 Å². The number of hydrogen-bond donors (Lipinski definition) is 0. The zero-order valence-electron chi connectivity index (χ0n) is 8.68. The van der Waals surface area contributed by atoms with E-state index < -0.39 is 0 Å². The van der Waals surface area contributed by atoms with E-state index in [-0.39, 0.29) is 0 Å². The van der Waals surface area contributed by atoms with Crippen LogP contribution < -0.4 is 0 Å². The van der Waals surface area contributed by atoms with E-state index in [1.165, 1.54) is 38.9 Å². The highest BCUT2D eigenvalue weighted by Crippen LogP contribution is 2.59. The van der Waals surface area contributed by atoms with Crippen LogP contribution in [0, 0.1) is 11.3 Å². The van der Waals surface area contributed by atoms with Gasteiger partial charge in [-0.3, -0.25) is 4.79 Å². The quantitative estimate of drug-likeness (QED) is 0.646. The van der Waals surface area contributed by atoms with Crippen molar-refractivity contribution in [3.05, 3.63) is 0 Å². The molecule has 1 atom stereocenters. The van der Waals surface area contributed by atoms with E-state index in [0.29, 0.717) is 17.1 Å². The molecule has 0 amide bonds. The maximum atomic E-state index is 11.2. The Morgan fingerprint density at radius 1 is 1.46 bits per heavy atom. The minimum Gasteiger partial charge on any atom is -0.304 e. The highest BCUT2D eigenvalue weighted by Gasteiger charge is 2.56. The Balaban J connectivity index is 1.89. The zero-order chi connectivity index (χ0) is 9.47. The molecule has 0 N–H and O–H groups in total. The van der Waals surface area contributed by atoms with Gasteiger partial charge in [-0.1, -0.05) is 6.92 Å². The van der Waals surface area contributed by atoms with Crippen LogP contribution in [-0.2, 0) is 4.79 Å². The first-order valence-corrected chi connectivity index (χ1v) is 5.41. The summed E-state index contributed by atoms with van der Waals surface area (Å²) in [6, 6.07) is 0. The Hall–Kier alpha value is -0.370. The average Bonchev–Trinajstić information content (AvgIpc) is 2.82. The molecular weight excluding hydrogens is 162 g/mol. The molecule has 74 valence electrons. The maximum Gasteiger partial charge on any atom is 0.133 e. The molecule has 1 aliphatic heterocycles. The molecule has 2 aliphatic rings. The van der Waals surface area contributed by atoms with Crippen LogP contribution in [0.4, 0.5) is 0 Å². The highest BCUT2D eigenvalue weighted by molar-refractivity contribution is 5.82. The normalized spacial score (nSPS) is 32.0. The first-order valence-electron chi connectivity index (χ1n) is 5.41. The topological polar surface area (TPSA) is 20.3 Å². The van der Waals surface area contributed by atoms with Gasteiger partial charge in [0, 0.05) is 5.92 Å². The minimum atomic E-state index is 0.421. The Labute approximate surface area is 80.3 Å². The van der Waals surface area contributed by atoms with Gasteiger partial charge in [-0.25, -0.2) is 0 Å². The summed E-state index contributed by atoms with van der Waals surface area (Å²) in [6.45, 7) is 7.56. The van der Waals surface area contributed by atoms with Gasteiger partial charge in [-0.2, -0.15) is 0 Å². The van der Waals surface area contributed by atoms with Crippen molar-refractivity contribution in [3.63, 3.8) is 0 Å². The van der Waals surface area contributed by atoms with Crippen LogP contribution in [0.5, 0.6) is 0 Å². The van der Waals surface area contributed by atoms with E-state index >= 15 is 0 Å². The fourth-order valence-electron chi connectivity index (χ4n) is 2.79. The van der Waals surface area contributed by atoms with E-state index in [1.807, 2.05) is 0 Å². The fourth-order valence-corrected chi connectivity index (χ4v) is 2.79. The lowest BCUT2D eigenvalue weighted by atomic mass is 9.90. The van der Waals surface area contributed by atoms with Gasteiger partial charge in [-0.15, -0.1) is 0 Å². The summed E-state index contributed by atoms with van der Waals surface area (Å²) in [5, 5.41) is 0.